The molecule has 0 bridgehead atoms. The minimum absolute atomic E-state index is 0.126. The quantitative estimate of drug-likeness (QED) is 0.716. The van der Waals surface area contributed by atoms with Gasteiger partial charge in [-0.1, -0.05) is 39.5 Å². The Balaban J connectivity index is 2.04. The van der Waals surface area contributed by atoms with Gasteiger partial charge >= 0.3 is 0 Å². The van der Waals surface area contributed by atoms with Gasteiger partial charge in [0, 0.05) is 6.42 Å². The van der Waals surface area contributed by atoms with Crippen molar-refractivity contribution in [3.05, 3.63) is 0 Å². The number of Topliss-reactive ketones (excluding diaryl/α,β-unsaturated/α-hetero) is 1. The van der Waals surface area contributed by atoms with Crippen LogP contribution in [0.2, 0.25) is 0 Å². The number of carbonyl (C=O) groups excluding carboxylic acids is 1. The molecule has 2 fully saturated rings. The molecule has 0 aromatic rings. The molecule has 2 nitrogen and oxygen atoms in total. The van der Waals surface area contributed by atoms with Gasteiger partial charge in [0.1, 0.15) is 0 Å². The summed E-state index contributed by atoms with van der Waals surface area (Å²) in [7, 11) is 0. The maximum absolute atomic E-state index is 12.8. The number of hydrogen-bond donors (Lipinski definition) is 0. The number of likely N-dealkylation sites (tertiary alicyclic amines) is 1. The van der Waals surface area contributed by atoms with Gasteiger partial charge in [-0.15, -0.1) is 0 Å². The van der Waals surface area contributed by atoms with E-state index >= 15 is 0 Å². The van der Waals surface area contributed by atoms with Gasteiger partial charge in [-0.2, -0.15) is 0 Å². The molecule has 0 aromatic carbocycles. The van der Waals surface area contributed by atoms with Crippen molar-refractivity contribution < 1.29 is 4.79 Å². The van der Waals surface area contributed by atoms with E-state index in [1.807, 2.05) is 0 Å². The van der Waals surface area contributed by atoms with E-state index in [9.17, 15) is 4.79 Å². The maximum Gasteiger partial charge on any atom is 0.153 e. The lowest BCUT2D eigenvalue weighted by Crippen LogP contribution is -2.53. The van der Waals surface area contributed by atoms with E-state index in [1.54, 1.807) is 0 Å². The Hall–Kier alpha value is -0.370. The van der Waals surface area contributed by atoms with Crippen LogP contribution in [0.3, 0.4) is 0 Å². The zero-order chi connectivity index (χ0) is 13.0. The van der Waals surface area contributed by atoms with Crippen LogP contribution in [0.4, 0.5) is 0 Å². The average molecular weight is 251 g/mol. The van der Waals surface area contributed by atoms with Crippen LogP contribution in [-0.4, -0.2) is 29.3 Å². The molecular weight excluding hydrogens is 222 g/mol. The average Bonchev–Trinajstić information content (AvgIpc) is 3.04. The molecule has 2 heteroatoms. The Morgan fingerprint density at radius 1 is 1.06 bits per heavy atom. The number of nitrogens with zero attached hydrogens (tertiary/aromatic N) is 1. The van der Waals surface area contributed by atoms with E-state index in [0.29, 0.717) is 11.7 Å². The van der Waals surface area contributed by atoms with Crippen molar-refractivity contribution in [1.82, 2.24) is 4.90 Å². The molecule has 0 spiro atoms. The van der Waals surface area contributed by atoms with Crippen LogP contribution in [0.15, 0.2) is 0 Å². The molecule has 1 aliphatic heterocycles. The second kappa shape index (κ2) is 6.18. The summed E-state index contributed by atoms with van der Waals surface area (Å²) in [5.74, 6) is 1.24. The summed E-state index contributed by atoms with van der Waals surface area (Å²) in [6, 6.07) is 0. The molecule has 1 saturated heterocycles. The summed E-state index contributed by atoms with van der Waals surface area (Å²) in [4.78, 5) is 15.3. The second-order valence-electron chi connectivity index (χ2n) is 6.21. The topological polar surface area (TPSA) is 20.3 Å². The van der Waals surface area contributed by atoms with Crippen molar-refractivity contribution >= 4 is 5.78 Å². The molecular formula is C16H29NO. The van der Waals surface area contributed by atoms with Crippen LogP contribution in [0.5, 0.6) is 0 Å². The fraction of sp³-hybridized carbons (Fsp3) is 0.938. The SMILES string of the molecule is CCC(CC)(C(=O)CC1CCCC1)N1CCCC1. The molecule has 104 valence electrons. The molecule has 2 aliphatic rings. The minimum Gasteiger partial charge on any atom is -0.298 e. The van der Waals surface area contributed by atoms with Crippen LogP contribution in [0, 0.1) is 5.92 Å². The van der Waals surface area contributed by atoms with Gasteiger partial charge in [0.2, 0.25) is 0 Å². The molecule has 1 aliphatic carbocycles. The Kier molecular flexibility index (Phi) is 4.83. The first-order valence-corrected chi connectivity index (χ1v) is 8.01. The smallest absolute Gasteiger partial charge is 0.153 e. The first kappa shape index (κ1) is 14.0. The first-order valence-electron chi connectivity index (χ1n) is 8.01. The summed E-state index contributed by atoms with van der Waals surface area (Å²) >= 11 is 0. The Morgan fingerprint density at radius 2 is 1.61 bits per heavy atom. The monoisotopic (exact) mass is 251 g/mol. The maximum atomic E-state index is 12.8. The van der Waals surface area contributed by atoms with E-state index in [2.05, 4.69) is 18.7 Å². The predicted molar refractivity (Wildman–Crippen MR) is 75.7 cm³/mol. The van der Waals surface area contributed by atoms with Crippen molar-refractivity contribution in [3.63, 3.8) is 0 Å². The van der Waals surface area contributed by atoms with Gasteiger partial charge in [-0.3, -0.25) is 9.69 Å². The lowest BCUT2D eigenvalue weighted by Gasteiger charge is -2.40. The highest BCUT2D eigenvalue weighted by Gasteiger charge is 2.42. The van der Waals surface area contributed by atoms with E-state index < -0.39 is 0 Å². The third-order valence-electron chi connectivity index (χ3n) is 5.35. The summed E-state index contributed by atoms with van der Waals surface area (Å²) in [6.07, 6.45) is 10.6. The number of ketones is 1. The van der Waals surface area contributed by atoms with E-state index in [0.717, 1.165) is 32.4 Å². The van der Waals surface area contributed by atoms with Crippen LogP contribution in [0.25, 0.3) is 0 Å². The summed E-state index contributed by atoms with van der Waals surface area (Å²) in [5.41, 5.74) is -0.126. The van der Waals surface area contributed by atoms with Crippen molar-refractivity contribution in [3.8, 4) is 0 Å². The largest absolute Gasteiger partial charge is 0.298 e. The van der Waals surface area contributed by atoms with E-state index in [1.165, 1.54) is 38.5 Å². The highest BCUT2D eigenvalue weighted by atomic mass is 16.1. The molecule has 1 heterocycles. The van der Waals surface area contributed by atoms with Crippen molar-refractivity contribution in [1.29, 1.82) is 0 Å². The highest BCUT2D eigenvalue weighted by molar-refractivity contribution is 5.88. The van der Waals surface area contributed by atoms with Gasteiger partial charge in [0.05, 0.1) is 5.54 Å². The van der Waals surface area contributed by atoms with E-state index in [-0.39, 0.29) is 5.54 Å². The van der Waals surface area contributed by atoms with Gasteiger partial charge < -0.3 is 0 Å². The van der Waals surface area contributed by atoms with Crippen LogP contribution in [0.1, 0.15) is 71.6 Å². The lowest BCUT2D eigenvalue weighted by atomic mass is 9.81. The lowest BCUT2D eigenvalue weighted by molar-refractivity contribution is -0.132. The molecule has 0 aromatic heterocycles. The fourth-order valence-electron chi connectivity index (χ4n) is 4.08. The van der Waals surface area contributed by atoms with E-state index in [4.69, 9.17) is 0 Å². The minimum atomic E-state index is -0.126. The Morgan fingerprint density at radius 3 is 2.11 bits per heavy atom. The summed E-state index contributed by atoms with van der Waals surface area (Å²) < 4.78 is 0. The van der Waals surface area contributed by atoms with Crippen molar-refractivity contribution in [2.24, 2.45) is 5.92 Å². The molecule has 0 atom stereocenters. The predicted octanol–water partition coefficient (Wildman–Crippen LogP) is 3.79. The van der Waals surface area contributed by atoms with Crippen LogP contribution < -0.4 is 0 Å². The molecule has 2 rings (SSSR count). The standard InChI is InChI=1S/C16H29NO/c1-3-16(4-2,17-11-7-8-12-17)15(18)13-14-9-5-6-10-14/h14H,3-13H2,1-2H3. The van der Waals surface area contributed by atoms with Crippen molar-refractivity contribution in [2.45, 2.75) is 77.2 Å². The molecule has 0 N–H and O–H groups in total. The molecule has 0 radical (unpaired) electrons. The fourth-order valence-corrected chi connectivity index (χ4v) is 4.08. The number of hydrogen-bond acceptors (Lipinski definition) is 2. The molecule has 1 saturated carbocycles. The third kappa shape index (κ3) is 2.64. The van der Waals surface area contributed by atoms with Gasteiger partial charge in [0.25, 0.3) is 0 Å². The van der Waals surface area contributed by atoms with Crippen LogP contribution in [-0.2, 0) is 4.79 Å². The zero-order valence-corrected chi connectivity index (χ0v) is 12.2. The summed E-state index contributed by atoms with van der Waals surface area (Å²) in [6.45, 7) is 6.68. The third-order valence-corrected chi connectivity index (χ3v) is 5.35. The molecule has 18 heavy (non-hydrogen) atoms. The molecule has 0 amide bonds. The zero-order valence-electron chi connectivity index (χ0n) is 12.2. The Labute approximate surface area is 112 Å². The van der Waals surface area contributed by atoms with Crippen molar-refractivity contribution in [2.75, 3.05) is 13.1 Å². The normalized spacial score (nSPS) is 22.8. The van der Waals surface area contributed by atoms with Gasteiger partial charge in [-0.25, -0.2) is 0 Å². The van der Waals surface area contributed by atoms with Gasteiger partial charge in [0.15, 0.2) is 5.78 Å². The first-order chi connectivity index (χ1) is 8.73. The molecule has 0 unspecified atom stereocenters. The Bertz CT molecular complexity index is 271. The van der Waals surface area contributed by atoms with Gasteiger partial charge in [-0.05, 0) is 44.7 Å². The highest BCUT2D eigenvalue weighted by Crippen LogP contribution is 2.35. The summed E-state index contributed by atoms with van der Waals surface area (Å²) in [5, 5.41) is 0. The van der Waals surface area contributed by atoms with Crippen LogP contribution >= 0.6 is 0 Å². The second-order valence-corrected chi connectivity index (χ2v) is 6.21. The number of rotatable bonds is 6. The number of carbonyl (C=O) groups is 1.